The molecule has 0 bridgehead atoms. The van der Waals surface area contributed by atoms with Crippen molar-refractivity contribution in [2.75, 3.05) is 20.0 Å². The van der Waals surface area contributed by atoms with E-state index in [2.05, 4.69) is 20.9 Å². The third-order valence-corrected chi connectivity index (χ3v) is 3.79. The van der Waals surface area contributed by atoms with Crippen molar-refractivity contribution in [3.05, 3.63) is 46.4 Å². The zero-order valence-corrected chi connectivity index (χ0v) is 13.9. The predicted octanol–water partition coefficient (Wildman–Crippen LogP) is 4.37. The Labute approximate surface area is 136 Å². The monoisotopic (exact) mass is 368 g/mol. The number of nitrogens with two attached hydrogens (primary N) is 1. The van der Waals surface area contributed by atoms with Crippen molar-refractivity contribution >= 4 is 44.1 Å². The maximum absolute atomic E-state index is 6.30. The fourth-order valence-corrected chi connectivity index (χ4v) is 2.43. The maximum Gasteiger partial charge on any atom is 0.139 e. The number of rotatable bonds is 4. The van der Waals surface area contributed by atoms with Gasteiger partial charge >= 0.3 is 0 Å². The molecule has 0 heterocycles. The van der Waals surface area contributed by atoms with Crippen LogP contribution in [-0.4, -0.2) is 19.4 Å². The number of anilines is 1. The lowest BCUT2D eigenvalue weighted by molar-refractivity contribution is 0.414. The molecule has 0 saturated carbocycles. The lowest BCUT2D eigenvalue weighted by Gasteiger charge is -2.09. The molecule has 0 aliphatic heterocycles. The average molecular weight is 370 g/mol. The van der Waals surface area contributed by atoms with Gasteiger partial charge in [-0.15, -0.1) is 0 Å². The van der Waals surface area contributed by atoms with Gasteiger partial charge in [0.25, 0.3) is 0 Å². The van der Waals surface area contributed by atoms with Crippen LogP contribution < -0.4 is 15.2 Å². The number of halogens is 2. The normalized spacial score (nSPS) is 11.3. The Morgan fingerprint density at radius 3 is 2.52 bits per heavy atom. The van der Waals surface area contributed by atoms with Crippen LogP contribution in [0.2, 0.25) is 0 Å². The number of aliphatic imine (C=N–C) groups is 1. The van der Waals surface area contributed by atoms with Crippen LogP contribution in [0, 0.1) is 0 Å². The summed E-state index contributed by atoms with van der Waals surface area (Å²) in [6.07, 6.45) is 0. The minimum Gasteiger partial charge on any atom is -0.497 e. The number of nitrogen functional groups attached to an aromatic ring is 1. The van der Waals surface area contributed by atoms with Gasteiger partial charge in [-0.2, -0.15) is 0 Å². The molecule has 2 rings (SSSR count). The molecule has 0 fully saturated rings. The molecule has 2 N–H and O–H groups in total. The van der Waals surface area contributed by atoms with Crippen molar-refractivity contribution in [2.45, 2.75) is 0 Å². The van der Waals surface area contributed by atoms with Crippen LogP contribution in [0.3, 0.4) is 0 Å². The molecule has 0 aliphatic rings. The highest BCUT2D eigenvalue weighted by Gasteiger charge is 2.11. The second-order valence-electron chi connectivity index (χ2n) is 4.17. The van der Waals surface area contributed by atoms with Crippen molar-refractivity contribution in [3.8, 4) is 11.5 Å². The zero-order valence-electron chi connectivity index (χ0n) is 11.6. The molecule has 4 nitrogen and oxygen atoms in total. The van der Waals surface area contributed by atoms with Gasteiger partial charge in [0, 0.05) is 16.1 Å². The van der Waals surface area contributed by atoms with Gasteiger partial charge in [0.1, 0.15) is 16.7 Å². The van der Waals surface area contributed by atoms with E-state index in [0.717, 1.165) is 0 Å². The maximum atomic E-state index is 6.30. The summed E-state index contributed by atoms with van der Waals surface area (Å²) in [5, 5.41) is 0.278. The molecule has 0 saturated heterocycles. The number of ether oxygens (including phenoxy) is 2. The summed E-state index contributed by atoms with van der Waals surface area (Å²) < 4.78 is 11.1. The third kappa shape index (κ3) is 3.68. The molecule has 0 atom stereocenters. The Morgan fingerprint density at radius 2 is 1.86 bits per heavy atom. The van der Waals surface area contributed by atoms with Gasteiger partial charge in [-0.25, -0.2) is 4.99 Å². The van der Waals surface area contributed by atoms with E-state index in [0.29, 0.717) is 32.9 Å². The molecule has 0 aliphatic carbocycles. The molecule has 110 valence electrons. The minimum absolute atomic E-state index is 0.278. The number of nitrogens with zero attached hydrogens (tertiary/aromatic N) is 1. The Kier molecular flexibility index (Phi) is 5.09. The SMILES string of the molecule is COc1cccc(N=C(Cl)c2cc(OC)cc(Br)c2N)c1. The van der Waals surface area contributed by atoms with E-state index < -0.39 is 0 Å². The first-order valence-electron chi connectivity index (χ1n) is 6.06. The number of benzene rings is 2. The Balaban J connectivity index is 2.45. The van der Waals surface area contributed by atoms with Crippen molar-refractivity contribution in [1.29, 1.82) is 0 Å². The summed E-state index contributed by atoms with van der Waals surface area (Å²) in [4.78, 5) is 4.36. The first kappa shape index (κ1) is 15.7. The van der Waals surface area contributed by atoms with Crippen molar-refractivity contribution in [3.63, 3.8) is 0 Å². The van der Waals surface area contributed by atoms with Gasteiger partial charge in [0.05, 0.1) is 25.6 Å². The molecular formula is C15H14BrClN2O2. The molecule has 0 radical (unpaired) electrons. The van der Waals surface area contributed by atoms with Crippen molar-refractivity contribution in [2.24, 2.45) is 4.99 Å². The number of hydrogen-bond donors (Lipinski definition) is 1. The van der Waals surface area contributed by atoms with E-state index in [9.17, 15) is 0 Å². The first-order chi connectivity index (χ1) is 10.0. The van der Waals surface area contributed by atoms with Crippen LogP contribution in [0.4, 0.5) is 11.4 Å². The molecule has 0 amide bonds. The summed E-state index contributed by atoms with van der Waals surface area (Å²) in [6.45, 7) is 0. The fraction of sp³-hybridized carbons (Fsp3) is 0.133. The van der Waals surface area contributed by atoms with Gasteiger partial charge < -0.3 is 15.2 Å². The van der Waals surface area contributed by atoms with E-state index in [4.69, 9.17) is 26.8 Å². The van der Waals surface area contributed by atoms with Crippen LogP contribution in [0.15, 0.2) is 45.9 Å². The molecule has 2 aromatic rings. The van der Waals surface area contributed by atoms with Crippen LogP contribution >= 0.6 is 27.5 Å². The summed E-state index contributed by atoms with van der Waals surface area (Å²) in [5.41, 5.74) is 7.81. The summed E-state index contributed by atoms with van der Waals surface area (Å²) >= 11 is 9.67. The van der Waals surface area contributed by atoms with Gasteiger partial charge in [-0.05, 0) is 40.2 Å². The first-order valence-corrected chi connectivity index (χ1v) is 7.24. The highest BCUT2D eigenvalue weighted by molar-refractivity contribution is 9.10. The van der Waals surface area contributed by atoms with Crippen LogP contribution in [0.5, 0.6) is 11.5 Å². The average Bonchev–Trinajstić information content (AvgIpc) is 2.49. The quantitative estimate of drug-likeness (QED) is 0.643. The predicted molar refractivity (Wildman–Crippen MR) is 90.2 cm³/mol. The highest BCUT2D eigenvalue weighted by Crippen LogP contribution is 2.31. The largest absolute Gasteiger partial charge is 0.497 e. The molecule has 0 aromatic heterocycles. The minimum atomic E-state index is 0.278. The van der Waals surface area contributed by atoms with Gasteiger partial charge in [0.2, 0.25) is 0 Å². The lowest BCUT2D eigenvalue weighted by Crippen LogP contribution is -2.01. The van der Waals surface area contributed by atoms with E-state index in [-0.39, 0.29) is 5.17 Å². The van der Waals surface area contributed by atoms with Crippen LogP contribution in [0.1, 0.15) is 5.56 Å². The smallest absolute Gasteiger partial charge is 0.139 e. The van der Waals surface area contributed by atoms with E-state index >= 15 is 0 Å². The second-order valence-corrected chi connectivity index (χ2v) is 5.39. The number of hydrogen-bond acceptors (Lipinski definition) is 4. The standard InChI is InChI=1S/C15H14BrClN2O2/c1-20-10-5-3-4-9(6-10)19-15(17)12-7-11(21-2)8-13(16)14(12)18/h3-8H,18H2,1-2H3. The topological polar surface area (TPSA) is 56.8 Å². The molecule has 0 spiro atoms. The Bertz CT molecular complexity index is 689. The van der Waals surface area contributed by atoms with Crippen molar-refractivity contribution in [1.82, 2.24) is 0 Å². The van der Waals surface area contributed by atoms with E-state index in [1.165, 1.54) is 0 Å². The van der Waals surface area contributed by atoms with Gasteiger partial charge in [-0.1, -0.05) is 17.7 Å². The third-order valence-electron chi connectivity index (χ3n) is 2.84. The molecular weight excluding hydrogens is 356 g/mol. The Morgan fingerprint density at radius 1 is 1.14 bits per heavy atom. The van der Waals surface area contributed by atoms with Gasteiger partial charge in [-0.3, -0.25) is 0 Å². The molecule has 21 heavy (non-hydrogen) atoms. The van der Waals surface area contributed by atoms with Gasteiger partial charge in [0.15, 0.2) is 0 Å². The summed E-state index contributed by atoms with van der Waals surface area (Å²) in [7, 11) is 3.18. The highest BCUT2D eigenvalue weighted by atomic mass is 79.9. The number of methoxy groups -OCH3 is 2. The van der Waals surface area contributed by atoms with Crippen LogP contribution in [0.25, 0.3) is 0 Å². The fourth-order valence-electron chi connectivity index (χ4n) is 1.74. The van der Waals surface area contributed by atoms with E-state index in [1.807, 2.05) is 18.2 Å². The van der Waals surface area contributed by atoms with Crippen molar-refractivity contribution < 1.29 is 9.47 Å². The lowest BCUT2D eigenvalue weighted by atomic mass is 10.2. The molecule has 6 heteroatoms. The van der Waals surface area contributed by atoms with Crippen LogP contribution in [-0.2, 0) is 0 Å². The summed E-state index contributed by atoms with van der Waals surface area (Å²) in [6, 6.07) is 10.8. The Hall–Kier alpha value is -1.72. The second kappa shape index (κ2) is 6.83. The zero-order chi connectivity index (χ0) is 15.4. The molecule has 2 aromatic carbocycles. The van der Waals surface area contributed by atoms with E-state index in [1.54, 1.807) is 32.4 Å². The summed E-state index contributed by atoms with van der Waals surface area (Å²) in [5.74, 6) is 1.35. The molecule has 0 unspecified atom stereocenters.